The Kier molecular flexibility index (Phi) is 8.17. The Morgan fingerprint density at radius 3 is 3.00 bits per heavy atom. The summed E-state index contributed by atoms with van der Waals surface area (Å²) in [5, 5.41) is 4.92. The number of thiophene rings is 1. The molecule has 1 aromatic carbocycles. The molecule has 0 saturated heterocycles. The van der Waals surface area contributed by atoms with E-state index in [1.807, 2.05) is 48.4 Å². The molecule has 0 radical (unpaired) electrons. The summed E-state index contributed by atoms with van der Waals surface area (Å²) in [5.74, 6) is 1.37. The highest BCUT2D eigenvalue weighted by Gasteiger charge is 2.25. The number of benzene rings is 1. The van der Waals surface area contributed by atoms with Gasteiger partial charge in [-0.05, 0) is 49.8 Å². The number of ether oxygens (including phenoxy) is 1. The predicted molar refractivity (Wildman–Crippen MR) is 152 cm³/mol. The van der Waals surface area contributed by atoms with E-state index in [-0.39, 0.29) is 5.91 Å². The molecule has 1 amide bonds. The minimum atomic E-state index is 0.0440. The summed E-state index contributed by atoms with van der Waals surface area (Å²) in [5.41, 5.74) is 2.98. The van der Waals surface area contributed by atoms with Gasteiger partial charge in [-0.25, -0.2) is 9.97 Å². The lowest BCUT2D eigenvalue weighted by Crippen LogP contribution is -2.34. The van der Waals surface area contributed by atoms with Gasteiger partial charge in [0.25, 0.3) is 0 Å². The third-order valence-electron chi connectivity index (χ3n) is 6.48. The molecule has 3 aromatic heterocycles. The molecule has 4 aromatic rings. The molecule has 0 spiro atoms. The van der Waals surface area contributed by atoms with Crippen molar-refractivity contribution in [1.82, 2.24) is 24.8 Å². The fourth-order valence-electron chi connectivity index (χ4n) is 4.26. The minimum absolute atomic E-state index is 0.0440. The molecule has 1 aliphatic rings. The van der Waals surface area contributed by atoms with Crippen LogP contribution in [0.4, 0.5) is 11.5 Å². The lowest BCUT2D eigenvalue weighted by atomic mass is 10.0. The van der Waals surface area contributed by atoms with E-state index in [0.29, 0.717) is 30.5 Å². The highest BCUT2D eigenvalue weighted by Crippen LogP contribution is 2.38. The second kappa shape index (κ2) is 11.9. The number of pyridine rings is 1. The van der Waals surface area contributed by atoms with Gasteiger partial charge in [-0.15, -0.1) is 11.3 Å². The molecule has 0 aliphatic carbocycles. The Morgan fingerprint density at radius 1 is 1.32 bits per heavy atom. The summed E-state index contributed by atoms with van der Waals surface area (Å²) in [6.45, 7) is 5.43. The van der Waals surface area contributed by atoms with E-state index >= 15 is 0 Å². The summed E-state index contributed by atoms with van der Waals surface area (Å²) >= 11 is 8.14. The van der Waals surface area contributed by atoms with Gasteiger partial charge in [-0.2, -0.15) is 0 Å². The molecule has 1 N–H and O–H groups in total. The molecule has 4 heterocycles. The molecular weight excluding hydrogens is 520 g/mol. The second-order valence-electron chi connectivity index (χ2n) is 9.09. The Hall–Kier alpha value is -3.53. The van der Waals surface area contributed by atoms with E-state index in [1.54, 1.807) is 36.1 Å². The first-order valence-corrected chi connectivity index (χ1v) is 13.7. The van der Waals surface area contributed by atoms with Crippen molar-refractivity contribution in [3.8, 4) is 5.75 Å². The minimum Gasteiger partial charge on any atom is -0.487 e. The fourth-order valence-corrected chi connectivity index (χ4v) is 5.69. The number of nitrogens with zero attached hydrogens (tertiary/aromatic N) is 5. The number of anilines is 2. The lowest BCUT2D eigenvalue weighted by molar-refractivity contribution is -0.126. The molecule has 10 heteroatoms. The number of amides is 1. The van der Waals surface area contributed by atoms with Gasteiger partial charge in [0.2, 0.25) is 5.91 Å². The van der Waals surface area contributed by atoms with E-state index in [0.717, 1.165) is 51.7 Å². The zero-order chi connectivity index (χ0) is 26.5. The summed E-state index contributed by atoms with van der Waals surface area (Å²) in [6, 6.07) is 9.42. The van der Waals surface area contributed by atoms with E-state index < -0.39 is 0 Å². The first kappa shape index (κ1) is 26.1. The average molecular weight is 549 g/mol. The topological polar surface area (TPSA) is 83.5 Å². The van der Waals surface area contributed by atoms with Crippen LogP contribution < -0.4 is 10.1 Å². The largest absolute Gasteiger partial charge is 0.487 e. The van der Waals surface area contributed by atoms with Crippen molar-refractivity contribution in [3.63, 3.8) is 0 Å². The third kappa shape index (κ3) is 5.96. The first-order valence-electron chi connectivity index (χ1n) is 12.5. The summed E-state index contributed by atoms with van der Waals surface area (Å²) in [6.07, 6.45) is 9.44. The Bertz CT molecular complexity index is 1460. The maximum atomic E-state index is 12.7. The molecule has 0 fully saturated rings. The fraction of sp³-hybridized carbons (Fsp3) is 0.286. The lowest BCUT2D eigenvalue weighted by Gasteiger charge is -2.26. The number of carbonyl (C=O) groups excluding carboxylic acids is 1. The van der Waals surface area contributed by atoms with Crippen molar-refractivity contribution in [2.24, 2.45) is 0 Å². The van der Waals surface area contributed by atoms with E-state index in [4.69, 9.17) is 16.3 Å². The normalized spacial score (nSPS) is 13.3. The van der Waals surface area contributed by atoms with Crippen LogP contribution in [0, 0.1) is 0 Å². The molecule has 0 atom stereocenters. The van der Waals surface area contributed by atoms with E-state index in [1.165, 1.54) is 5.56 Å². The summed E-state index contributed by atoms with van der Waals surface area (Å²) in [7, 11) is 2.03. The molecule has 1 aliphatic heterocycles. The highest BCUT2D eigenvalue weighted by atomic mass is 35.5. The van der Waals surface area contributed by atoms with Crippen molar-refractivity contribution in [3.05, 3.63) is 82.2 Å². The quantitative estimate of drug-likeness (QED) is 0.278. The second-order valence-corrected chi connectivity index (χ2v) is 10.6. The SMILES string of the molecule is CCN(C)CC=CC(=O)N1CCc2c(sc3ncnc(Nc4ccc(OCc5cccnc5)c(Cl)c4)c23)C1. The van der Waals surface area contributed by atoms with Gasteiger partial charge in [-0.3, -0.25) is 9.78 Å². The number of nitrogens with one attached hydrogen (secondary N) is 1. The van der Waals surface area contributed by atoms with Crippen LogP contribution in [0.3, 0.4) is 0 Å². The van der Waals surface area contributed by atoms with E-state index in [9.17, 15) is 4.79 Å². The molecule has 0 saturated carbocycles. The number of hydrogen-bond acceptors (Lipinski definition) is 8. The Balaban J connectivity index is 1.30. The van der Waals surface area contributed by atoms with Gasteiger partial charge >= 0.3 is 0 Å². The van der Waals surface area contributed by atoms with Gasteiger partial charge in [0, 0.05) is 47.7 Å². The summed E-state index contributed by atoms with van der Waals surface area (Å²) in [4.78, 5) is 32.0. The highest BCUT2D eigenvalue weighted by molar-refractivity contribution is 7.19. The van der Waals surface area contributed by atoms with Crippen LogP contribution in [0.5, 0.6) is 5.75 Å². The monoisotopic (exact) mass is 548 g/mol. The number of likely N-dealkylation sites (N-methyl/N-ethyl adjacent to an activating group) is 1. The Morgan fingerprint density at radius 2 is 2.21 bits per heavy atom. The van der Waals surface area contributed by atoms with Gasteiger partial charge in [-0.1, -0.05) is 30.7 Å². The van der Waals surface area contributed by atoms with Crippen molar-refractivity contribution in [2.75, 3.05) is 32.0 Å². The van der Waals surface area contributed by atoms with Crippen LogP contribution >= 0.6 is 22.9 Å². The summed E-state index contributed by atoms with van der Waals surface area (Å²) < 4.78 is 5.87. The van der Waals surface area contributed by atoms with Crippen molar-refractivity contribution < 1.29 is 9.53 Å². The predicted octanol–water partition coefficient (Wildman–Crippen LogP) is 5.45. The van der Waals surface area contributed by atoms with Crippen molar-refractivity contribution in [1.29, 1.82) is 0 Å². The van der Waals surface area contributed by atoms with Crippen LogP contribution in [0.25, 0.3) is 10.2 Å². The zero-order valence-electron chi connectivity index (χ0n) is 21.4. The maximum absolute atomic E-state index is 12.7. The van der Waals surface area contributed by atoms with Crippen LogP contribution in [0.1, 0.15) is 22.9 Å². The molecule has 196 valence electrons. The number of fused-ring (bicyclic) bond motifs is 3. The smallest absolute Gasteiger partial charge is 0.246 e. The van der Waals surface area contributed by atoms with Crippen molar-refractivity contribution >= 4 is 50.6 Å². The van der Waals surface area contributed by atoms with Crippen LogP contribution in [-0.4, -0.2) is 57.3 Å². The van der Waals surface area contributed by atoms with Gasteiger partial charge in [0.05, 0.1) is 17.0 Å². The number of halogens is 1. The molecule has 38 heavy (non-hydrogen) atoms. The van der Waals surface area contributed by atoms with Crippen molar-refractivity contribution in [2.45, 2.75) is 26.5 Å². The van der Waals surface area contributed by atoms with Gasteiger partial charge < -0.3 is 19.9 Å². The standard InChI is InChI=1S/C28H29ClN6O2S/c1-3-34(2)12-5-7-25(36)35-13-10-21-24(16-35)38-28-26(21)27(31-18-32-28)33-20-8-9-23(22(29)14-20)37-17-19-6-4-11-30-15-19/h4-9,11,14-15,18H,3,10,12-13,16-17H2,1-2H3,(H,31,32,33). The molecule has 8 nitrogen and oxygen atoms in total. The maximum Gasteiger partial charge on any atom is 0.246 e. The van der Waals surface area contributed by atoms with Gasteiger partial charge in [0.1, 0.15) is 29.3 Å². The van der Waals surface area contributed by atoms with Crippen LogP contribution in [-0.2, 0) is 24.4 Å². The molecule has 0 bridgehead atoms. The first-order chi connectivity index (χ1) is 18.5. The van der Waals surface area contributed by atoms with Crippen LogP contribution in [0.2, 0.25) is 5.02 Å². The molecule has 5 rings (SSSR count). The number of hydrogen-bond donors (Lipinski definition) is 1. The number of aromatic nitrogens is 3. The zero-order valence-corrected chi connectivity index (χ0v) is 22.9. The Labute approximate surface area is 230 Å². The van der Waals surface area contributed by atoms with Gasteiger partial charge in [0.15, 0.2) is 0 Å². The molecule has 0 unspecified atom stereocenters. The number of carbonyl (C=O) groups is 1. The van der Waals surface area contributed by atoms with E-state index in [2.05, 4.69) is 32.1 Å². The molecular formula is C28H29ClN6O2S. The van der Waals surface area contributed by atoms with Crippen LogP contribution in [0.15, 0.2) is 61.2 Å². The third-order valence-corrected chi connectivity index (χ3v) is 7.90. The number of rotatable bonds is 9. The average Bonchev–Trinajstić information content (AvgIpc) is 3.32.